The Labute approximate surface area is 174 Å². The molecule has 0 unspecified atom stereocenters. The first kappa shape index (κ1) is 22.5. The van der Waals surface area contributed by atoms with Gasteiger partial charge in [-0.25, -0.2) is 14.8 Å². The summed E-state index contributed by atoms with van der Waals surface area (Å²) in [7, 11) is 0. The number of carbonyl (C=O) groups excluding carboxylic acids is 1. The summed E-state index contributed by atoms with van der Waals surface area (Å²) in [6.45, 7) is 1.93. The number of ether oxygens (including phenoxy) is 1. The lowest BCUT2D eigenvalue weighted by molar-refractivity contribution is -0.192. The molecule has 0 aromatic carbocycles. The molecule has 2 aromatic heterocycles. The number of anilines is 1. The average molecular weight is 443 g/mol. The van der Waals surface area contributed by atoms with Gasteiger partial charge in [0, 0.05) is 31.6 Å². The SMILES string of the molecule is O=C(O)C(F)(F)F.O=C(c1cnoc1)N1CC[C@@]2(C[C@@H](Nc3ncccn3)CCO2)C1. The van der Waals surface area contributed by atoms with Crippen molar-refractivity contribution in [3.05, 3.63) is 36.5 Å². The van der Waals surface area contributed by atoms with E-state index in [1.807, 2.05) is 4.90 Å². The second kappa shape index (κ2) is 9.29. The van der Waals surface area contributed by atoms with Crippen LogP contribution < -0.4 is 5.32 Å². The third-order valence-electron chi connectivity index (χ3n) is 4.92. The average Bonchev–Trinajstić information content (AvgIpc) is 3.39. The Bertz CT molecular complexity index is 880. The zero-order chi connectivity index (χ0) is 22.5. The van der Waals surface area contributed by atoms with Crippen LogP contribution in [0, 0.1) is 0 Å². The van der Waals surface area contributed by atoms with Crippen LogP contribution in [0.15, 0.2) is 35.4 Å². The van der Waals surface area contributed by atoms with Crippen molar-refractivity contribution >= 4 is 17.8 Å². The number of hydrogen-bond donors (Lipinski definition) is 2. The molecule has 2 saturated heterocycles. The summed E-state index contributed by atoms with van der Waals surface area (Å²) in [6, 6.07) is 2.04. The Balaban J connectivity index is 0.000000339. The summed E-state index contributed by atoms with van der Waals surface area (Å²) in [5.41, 5.74) is 0.188. The fourth-order valence-electron chi connectivity index (χ4n) is 3.50. The van der Waals surface area contributed by atoms with E-state index >= 15 is 0 Å². The van der Waals surface area contributed by atoms with Crippen LogP contribution in [0.3, 0.4) is 0 Å². The largest absolute Gasteiger partial charge is 0.490 e. The van der Waals surface area contributed by atoms with Crippen molar-refractivity contribution < 1.29 is 37.1 Å². The van der Waals surface area contributed by atoms with Crippen LogP contribution in [0.1, 0.15) is 29.6 Å². The minimum Gasteiger partial charge on any atom is -0.475 e. The summed E-state index contributed by atoms with van der Waals surface area (Å²) in [4.78, 5) is 31.6. The maximum atomic E-state index is 12.4. The van der Waals surface area contributed by atoms with Gasteiger partial charge in [-0.1, -0.05) is 5.16 Å². The van der Waals surface area contributed by atoms with Gasteiger partial charge in [0.1, 0.15) is 6.26 Å². The number of rotatable bonds is 3. The third kappa shape index (κ3) is 5.90. The Morgan fingerprint density at radius 1 is 1.29 bits per heavy atom. The summed E-state index contributed by atoms with van der Waals surface area (Å²) in [5, 5.41) is 14.1. The molecule has 4 rings (SSSR count). The van der Waals surface area contributed by atoms with Gasteiger partial charge in [0.25, 0.3) is 5.91 Å². The lowest BCUT2D eigenvalue weighted by Gasteiger charge is -2.38. The van der Waals surface area contributed by atoms with Crippen LogP contribution >= 0.6 is 0 Å². The summed E-state index contributed by atoms with van der Waals surface area (Å²) < 4.78 is 42.6. The molecule has 2 fully saturated rings. The van der Waals surface area contributed by atoms with E-state index in [2.05, 4.69) is 20.4 Å². The molecule has 2 aromatic rings. The number of nitrogens with zero attached hydrogens (tertiary/aromatic N) is 4. The molecular weight excluding hydrogens is 423 g/mol. The van der Waals surface area contributed by atoms with E-state index in [0.717, 1.165) is 19.3 Å². The van der Waals surface area contributed by atoms with Crippen LogP contribution in [-0.4, -0.2) is 74.5 Å². The van der Waals surface area contributed by atoms with Crippen LogP contribution in [0.5, 0.6) is 0 Å². The molecule has 1 amide bonds. The van der Waals surface area contributed by atoms with E-state index in [-0.39, 0.29) is 17.6 Å². The van der Waals surface area contributed by atoms with Gasteiger partial charge in [-0.3, -0.25) is 4.79 Å². The molecule has 0 bridgehead atoms. The van der Waals surface area contributed by atoms with E-state index < -0.39 is 12.1 Å². The van der Waals surface area contributed by atoms with Crippen molar-refractivity contribution in [2.45, 2.75) is 37.1 Å². The fraction of sp³-hybridized carbons (Fsp3) is 0.500. The molecule has 13 heteroatoms. The van der Waals surface area contributed by atoms with Crippen LogP contribution in [-0.2, 0) is 9.53 Å². The number of aliphatic carboxylic acids is 1. The number of likely N-dealkylation sites (tertiary alicyclic amines) is 1. The number of carbonyl (C=O) groups is 2. The highest BCUT2D eigenvalue weighted by atomic mass is 19.4. The number of nitrogens with one attached hydrogen (secondary N) is 1. The summed E-state index contributed by atoms with van der Waals surface area (Å²) in [6.07, 6.45) is 3.76. The smallest absolute Gasteiger partial charge is 0.475 e. The monoisotopic (exact) mass is 443 g/mol. The predicted molar refractivity (Wildman–Crippen MR) is 98.1 cm³/mol. The fourth-order valence-corrected chi connectivity index (χ4v) is 3.50. The number of alkyl halides is 3. The van der Waals surface area contributed by atoms with Gasteiger partial charge in [-0.05, 0) is 25.3 Å². The highest BCUT2D eigenvalue weighted by molar-refractivity contribution is 5.93. The van der Waals surface area contributed by atoms with E-state index in [1.54, 1.807) is 18.5 Å². The van der Waals surface area contributed by atoms with Gasteiger partial charge in [0.05, 0.1) is 23.9 Å². The minimum atomic E-state index is -5.08. The molecule has 0 radical (unpaired) electrons. The molecule has 31 heavy (non-hydrogen) atoms. The van der Waals surface area contributed by atoms with Crippen molar-refractivity contribution in [2.24, 2.45) is 0 Å². The molecular formula is C18H20F3N5O5. The number of carboxylic acids is 1. The van der Waals surface area contributed by atoms with Gasteiger partial charge in [-0.15, -0.1) is 0 Å². The van der Waals surface area contributed by atoms with Gasteiger partial charge < -0.3 is 24.6 Å². The number of hydrogen-bond acceptors (Lipinski definition) is 8. The molecule has 0 saturated carbocycles. The molecule has 2 N–H and O–H groups in total. The molecule has 0 aliphatic carbocycles. The molecule has 168 valence electrons. The Morgan fingerprint density at radius 2 is 2.00 bits per heavy atom. The lowest BCUT2D eigenvalue weighted by Crippen LogP contribution is -2.47. The second-order valence-electron chi connectivity index (χ2n) is 7.13. The summed E-state index contributed by atoms with van der Waals surface area (Å²) in [5.74, 6) is -2.18. The Hall–Kier alpha value is -3.22. The normalized spacial score (nSPS) is 23.2. The Morgan fingerprint density at radius 3 is 2.61 bits per heavy atom. The van der Waals surface area contributed by atoms with Gasteiger partial charge in [0.2, 0.25) is 5.95 Å². The standard InChI is InChI=1S/C16H19N5O3.C2HF3O2/c22-14(12-9-19-24-10-12)21-6-3-16(11-21)8-13(2-7-23-16)20-15-17-4-1-5-18-15;3-2(4,5)1(6)7/h1,4-5,9-10,13H,2-3,6-8,11H2,(H,17,18,20);(H,6,7)/t13-,16+;/m0./s1. The second-order valence-corrected chi connectivity index (χ2v) is 7.13. The zero-order valence-electron chi connectivity index (χ0n) is 16.2. The van der Waals surface area contributed by atoms with Crippen molar-refractivity contribution in [1.29, 1.82) is 0 Å². The topological polar surface area (TPSA) is 131 Å². The van der Waals surface area contributed by atoms with E-state index in [4.69, 9.17) is 19.2 Å². The van der Waals surface area contributed by atoms with Crippen molar-refractivity contribution in [2.75, 3.05) is 25.0 Å². The molecule has 2 aliphatic rings. The third-order valence-corrected chi connectivity index (χ3v) is 4.92. The zero-order valence-corrected chi connectivity index (χ0v) is 16.2. The molecule has 2 aliphatic heterocycles. The van der Waals surface area contributed by atoms with Crippen molar-refractivity contribution in [3.8, 4) is 0 Å². The van der Waals surface area contributed by atoms with Crippen LogP contribution in [0.4, 0.5) is 19.1 Å². The first-order valence-corrected chi connectivity index (χ1v) is 9.35. The van der Waals surface area contributed by atoms with Gasteiger partial charge in [0.15, 0.2) is 0 Å². The van der Waals surface area contributed by atoms with Gasteiger partial charge >= 0.3 is 12.1 Å². The molecule has 4 heterocycles. The first-order valence-electron chi connectivity index (χ1n) is 9.35. The number of carboxylic acid groups (broad SMARTS) is 1. The van der Waals surface area contributed by atoms with E-state index in [0.29, 0.717) is 31.2 Å². The van der Waals surface area contributed by atoms with E-state index in [9.17, 15) is 18.0 Å². The number of halogens is 3. The highest BCUT2D eigenvalue weighted by Gasteiger charge is 2.45. The lowest BCUT2D eigenvalue weighted by atomic mass is 9.89. The van der Waals surface area contributed by atoms with Crippen LogP contribution in [0.25, 0.3) is 0 Å². The molecule has 1 spiro atoms. The molecule has 10 nitrogen and oxygen atoms in total. The van der Waals surface area contributed by atoms with Crippen LogP contribution in [0.2, 0.25) is 0 Å². The van der Waals surface area contributed by atoms with Crippen molar-refractivity contribution in [3.63, 3.8) is 0 Å². The Kier molecular flexibility index (Phi) is 6.73. The maximum absolute atomic E-state index is 12.4. The predicted octanol–water partition coefficient (Wildman–Crippen LogP) is 1.97. The quantitative estimate of drug-likeness (QED) is 0.731. The minimum absolute atomic E-state index is 0.0572. The number of amides is 1. The van der Waals surface area contributed by atoms with Crippen molar-refractivity contribution in [1.82, 2.24) is 20.0 Å². The molecule has 2 atom stereocenters. The number of aromatic nitrogens is 3. The van der Waals surface area contributed by atoms with E-state index in [1.165, 1.54) is 12.5 Å². The summed E-state index contributed by atoms with van der Waals surface area (Å²) >= 11 is 0. The maximum Gasteiger partial charge on any atom is 0.490 e. The first-order chi connectivity index (χ1) is 14.7. The van der Waals surface area contributed by atoms with Gasteiger partial charge in [-0.2, -0.15) is 13.2 Å². The highest BCUT2D eigenvalue weighted by Crippen LogP contribution is 2.35.